The van der Waals surface area contributed by atoms with Gasteiger partial charge in [0, 0.05) is 22.5 Å². The third-order valence-corrected chi connectivity index (χ3v) is 5.38. The van der Waals surface area contributed by atoms with Crippen LogP contribution in [-0.2, 0) is 6.42 Å². The number of halogens is 1. The number of aryl methyl sites for hydroxylation is 1. The van der Waals surface area contributed by atoms with Crippen LogP contribution in [-0.4, -0.2) is 17.8 Å². The van der Waals surface area contributed by atoms with Crippen molar-refractivity contribution in [3.63, 3.8) is 0 Å². The average molecular weight is 365 g/mol. The summed E-state index contributed by atoms with van der Waals surface area (Å²) in [5, 5.41) is 4.44. The van der Waals surface area contributed by atoms with Crippen LogP contribution in [0.15, 0.2) is 52.1 Å². The lowest BCUT2D eigenvalue weighted by Crippen LogP contribution is -2.18. The Hall–Kier alpha value is -0.840. The summed E-state index contributed by atoms with van der Waals surface area (Å²) in [4.78, 5) is 4.40. The number of rotatable bonds is 7. The quantitative estimate of drug-likeness (QED) is 0.710. The molecule has 4 heteroatoms. The van der Waals surface area contributed by atoms with Gasteiger partial charge >= 0.3 is 0 Å². The monoisotopic (exact) mass is 364 g/mol. The van der Waals surface area contributed by atoms with Crippen LogP contribution in [0.2, 0.25) is 0 Å². The number of pyridine rings is 1. The average Bonchev–Trinajstić information content (AvgIpc) is 2.51. The molecule has 1 N–H and O–H groups in total. The van der Waals surface area contributed by atoms with Crippen molar-refractivity contribution in [2.75, 3.05) is 12.8 Å². The van der Waals surface area contributed by atoms with Crippen LogP contribution in [0.3, 0.4) is 0 Å². The molecule has 1 unspecified atom stereocenters. The van der Waals surface area contributed by atoms with E-state index in [1.54, 1.807) is 11.8 Å². The zero-order chi connectivity index (χ0) is 15.1. The maximum Gasteiger partial charge on any atom is 0.110 e. The molecule has 2 aromatic rings. The minimum Gasteiger partial charge on any atom is -0.312 e. The summed E-state index contributed by atoms with van der Waals surface area (Å²) in [5.74, 6) is 0.958. The Morgan fingerprint density at radius 3 is 2.62 bits per heavy atom. The highest BCUT2D eigenvalue weighted by Crippen LogP contribution is 2.28. The number of nitrogens with zero attached hydrogens (tertiary/aromatic N) is 1. The summed E-state index contributed by atoms with van der Waals surface area (Å²) in [6.07, 6.45) is 4.18. The Bertz CT molecular complexity index is 557. The predicted molar refractivity (Wildman–Crippen MR) is 94.9 cm³/mol. The molecule has 0 amide bonds. The highest BCUT2D eigenvalue weighted by atomic mass is 79.9. The Morgan fingerprint density at radius 1 is 1.24 bits per heavy atom. The van der Waals surface area contributed by atoms with E-state index < -0.39 is 0 Å². The van der Waals surface area contributed by atoms with Crippen LogP contribution in [0.4, 0.5) is 0 Å². The lowest BCUT2D eigenvalue weighted by Gasteiger charge is -2.17. The van der Waals surface area contributed by atoms with Gasteiger partial charge in [-0.05, 0) is 52.7 Å². The highest BCUT2D eigenvalue weighted by Gasteiger charge is 2.11. The van der Waals surface area contributed by atoms with Crippen molar-refractivity contribution in [1.82, 2.24) is 10.3 Å². The Kier molecular flexibility index (Phi) is 6.74. The van der Waals surface area contributed by atoms with Crippen LogP contribution in [0.1, 0.15) is 30.5 Å². The van der Waals surface area contributed by atoms with Crippen molar-refractivity contribution in [2.24, 2.45) is 0 Å². The molecule has 112 valence electrons. The molecule has 2 nitrogen and oxygen atoms in total. The third-order valence-electron chi connectivity index (χ3n) is 3.38. The van der Waals surface area contributed by atoms with E-state index in [4.69, 9.17) is 0 Å². The number of benzene rings is 1. The molecule has 0 saturated carbocycles. The number of aromatic nitrogens is 1. The fourth-order valence-corrected chi connectivity index (χ4v) is 3.81. The van der Waals surface area contributed by atoms with E-state index in [0.717, 1.165) is 21.7 Å². The van der Waals surface area contributed by atoms with Crippen LogP contribution in [0.25, 0.3) is 0 Å². The summed E-state index contributed by atoms with van der Waals surface area (Å²) >= 11 is 5.32. The molecule has 0 aliphatic heterocycles. The van der Waals surface area contributed by atoms with Gasteiger partial charge in [-0.3, -0.25) is 0 Å². The molecule has 0 radical (unpaired) electrons. The van der Waals surface area contributed by atoms with Gasteiger partial charge in [-0.1, -0.05) is 37.6 Å². The van der Waals surface area contributed by atoms with E-state index in [2.05, 4.69) is 57.4 Å². The van der Waals surface area contributed by atoms with Gasteiger partial charge in [0.15, 0.2) is 0 Å². The summed E-state index contributed by atoms with van der Waals surface area (Å²) in [6.45, 7) is 2.21. The van der Waals surface area contributed by atoms with Gasteiger partial charge in [-0.25, -0.2) is 4.98 Å². The molecular weight excluding hydrogens is 344 g/mol. The minimum absolute atomic E-state index is 0.333. The van der Waals surface area contributed by atoms with E-state index in [0.29, 0.717) is 6.04 Å². The molecule has 0 fully saturated rings. The smallest absolute Gasteiger partial charge is 0.110 e. The highest BCUT2D eigenvalue weighted by molar-refractivity contribution is 9.10. The van der Waals surface area contributed by atoms with Gasteiger partial charge in [0.2, 0.25) is 0 Å². The Balaban J connectivity index is 2.01. The lowest BCUT2D eigenvalue weighted by molar-refractivity contribution is 0.661. The van der Waals surface area contributed by atoms with Crippen LogP contribution < -0.4 is 5.32 Å². The predicted octanol–water partition coefficient (Wildman–Crippen LogP) is 4.85. The first-order valence-electron chi connectivity index (χ1n) is 7.24. The normalized spacial score (nSPS) is 12.3. The molecule has 0 aliphatic carbocycles. The van der Waals surface area contributed by atoms with Gasteiger partial charge in [-0.2, -0.15) is 0 Å². The van der Waals surface area contributed by atoms with Crippen molar-refractivity contribution in [2.45, 2.75) is 30.8 Å². The van der Waals surface area contributed by atoms with Crippen LogP contribution >= 0.6 is 27.7 Å². The first-order valence-corrected chi connectivity index (χ1v) is 9.02. The van der Waals surface area contributed by atoms with Crippen molar-refractivity contribution in [1.29, 1.82) is 0 Å². The second-order valence-electron chi connectivity index (χ2n) is 4.93. The van der Waals surface area contributed by atoms with Crippen LogP contribution in [0.5, 0.6) is 0 Å². The Labute approximate surface area is 139 Å². The van der Waals surface area contributed by atoms with Crippen LogP contribution in [0, 0.1) is 0 Å². The van der Waals surface area contributed by atoms with Crippen molar-refractivity contribution >= 4 is 27.7 Å². The summed E-state index contributed by atoms with van der Waals surface area (Å²) in [7, 11) is 2.01. The molecule has 1 heterocycles. The second-order valence-corrected chi connectivity index (χ2v) is 6.80. The third kappa shape index (κ3) is 4.83. The van der Waals surface area contributed by atoms with Gasteiger partial charge in [0.1, 0.15) is 5.03 Å². The molecule has 1 aromatic carbocycles. The number of hydrogen-bond donors (Lipinski definition) is 1. The zero-order valence-electron chi connectivity index (χ0n) is 12.5. The van der Waals surface area contributed by atoms with Crippen molar-refractivity contribution < 1.29 is 0 Å². The van der Waals surface area contributed by atoms with Gasteiger partial charge in [0.25, 0.3) is 0 Å². The van der Waals surface area contributed by atoms with Gasteiger partial charge in [-0.15, -0.1) is 11.8 Å². The molecule has 0 spiro atoms. The number of nitrogens with one attached hydrogen (secondary N) is 1. The maximum atomic E-state index is 4.40. The molecule has 1 atom stereocenters. The van der Waals surface area contributed by atoms with E-state index in [-0.39, 0.29) is 0 Å². The number of hydrogen-bond acceptors (Lipinski definition) is 3. The SMILES string of the molecule is CCCc1ccc(C(CSc2ncccc2Br)NC)cc1. The van der Waals surface area contributed by atoms with E-state index >= 15 is 0 Å². The zero-order valence-corrected chi connectivity index (χ0v) is 14.9. The van der Waals surface area contributed by atoms with Gasteiger partial charge in [0.05, 0.1) is 0 Å². The fourth-order valence-electron chi connectivity index (χ4n) is 2.19. The minimum atomic E-state index is 0.333. The molecule has 0 saturated heterocycles. The first kappa shape index (κ1) is 16.5. The Morgan fingerprint density at radius 2 is 2.00 bits per heavy atom. The summed E-state index contributed by atoms with van der Waals surface area (Å²) in [6, 6.07) is 13.3. The van der Waals surface area contributed by atoms with E-state index in [9.17, 15) is 0 Å². The molecule has 21 heavy (non-hydrogen) atoms. The largest absolute Gasteiger partial charge is 0.312 e. The fraction of sp³-hybridized carbons (Fsp3) is 0.353. The molecule has 0 aliphatic rings. The van der Waals surface area contributed by atoms with E-state index in [1.807, 2.05) is 25.4 Å². The summed E-state index contributed by atoms with van der Waals surface area (Å²) in [5.41, 5.74) is 2.74. The van der Waals surface area contributed by atoms with Crippen molar-refractivity contribution in [3.05, 3.63) is 58.2 Å². The molecular formula is C17H21BrN2S. The van der Waals surface area contributed by atoms with E-state index in [1.165, 1.54) is 17.5 Å². The standard InChI is InChI=1S/C17H21BrN2S/c1-3-5-13-7-9-14(10-8-13)16(19-2)12-21-17-15(18)6-4-11-20-17/h4,6-11,16,19H,3,5,12H2,1-2H3. The summed E-state index contributed by atoms with van der Waals surface area (Å²) < 4.78 is 1.06. The molecule has 2 rings (SSSR count). The first-order chi connectivity index (χ1) is 10.2. The lowest BCUT2D eigenvalue weighted by atomic mass is 10.0. The molecule has 1 aromatic heterocycles. The molecule has 0 bridgehead atoms. The second kappa shape index (κ2) is 8.57. The maximum absolute atomic E-state index is 4.40. The van der Waals surface area contributed by atoms with Crippen molar-refractivity contribution in [3.8, 4) is 0 Å². The topological polar surface area (TPSA) is 24.9 Å². The van der Waals surface area contributed by atoms with Gasteiger partial charge < -0.3 is 5.32 Å². The number of thioether (sulfide) groups is 1.